The molecule has 6 nitrogen and oxygen atoms in total. The first-order chi connectivity index (χ1) is 37.0. The van der Waals surface area contributed by atoms with Crippen LogP contribution in [0.4, 0.5) is 0 Å². The molecule has 426 valence electrons. The Kier molecular flexibility index (Phi) is 58.9. The molecule has 1 unspecified atom stereocenters. The van der Waals surface area contributed by atoms with Gasteiger partial charge in [-0.2, -0.15) is 0 Å². The summed E-state index contributed by atoms with van der Waals surface area (Å²) in [4.78, 5) is 38.1. The third kappa shape index (κ3) is 60.6. The maximum Gasteiger partial charge on any atom is 0.306 e. The van der Waals surface area contributed by atoms with E-state index in [4.69, 9.17) is 14.2 Å². The Hall–Kier alpha value is -4.19. The molecule has 0 saturated heterocycles. The van der Waals surface area contributed by atoms with Gasteiger partial charge >= 0.3 is 17.9 Å². The smallest absolute Gasteiger partial charge is 0.306 e. The zero-order valence-corrected chi connectivity index (χ0v) is 48.8. The number of allylic oxidation sites excluding steroid dienone is 20. The van der Waals surface area contributed by atoms with E-state index in [-0.39, 0.29) is 31.1 Å². The van der Waals surface area contributed by atoms with E-state index in [1.165, 1.54) is 83.5 Å². The molecule has 6 heteroatoms. The number of ether oxygens (including phenoxy) is 3. The minimum absolute atomic E-state index is 0.0882. The van der Waals surface area contributed by atoms with Crippen LogP contribution < -0.4 is 0 Å². The number of esters is 3. The summed E-state index contributed by atoms with van der Waals surface area (Å²) in [5.74, 6) is -0.915. The molecule has 0 bridgehead atoms. The Morgan fingerprint density at radius 3 is 0.880 bits per heavy atom. The topological polar surface area (TPSA) is 78.9 Å². The van der Waals surface area contributed by atoms with Gasteiger partial charge in [-0.3, -0.25) is 14.4 Å². The predicted octanol–water partition coefficient (Wildman–Crippen LogP) is 21.2. The zero-order valence-electron chi connectivity index (χ0n) is 48.8. The van der Waals surface area contributed by atoms with Crippen LogP contribution in [-0.4, -0.2) is 37.2 Å². The van der Waals surface area contributed by atoms with Crippen LogP contribution in [0.3, 0.4) is 0 Å². The lowest BCUT2D eigenvalue weighted by Crippen LogP contribution is -2.30. The van der Waals surface area contributed by atoms with Gasteiger partial charge in [-0.15, -0.1) is 0 Å². The Balaban J connectivity index is 4.25. The Bertz CT molecular complexity index is 1570. The molecule has 0 saturated carbocycles. The molecular formula is C69H114O6. The molecule has 0 N–H and O–H groups in total. The van der Waals surface area contributed by atoms with E-state index in [9.17, 15) is 14.4 Å². The maximum atomic E-state index is 12.8. The van der Waals surface area contributed by atoms with Crippen LogP contribution in [0.15, 0.2) is 122 Å². The summed E-state index contributed by atoms with van der Waals surface area (Å²) in [6.07, 6.45) is 86.4. The number of carbonyl (C=O) groups excluding carboxylic acids is 3. The second-order valence-corrected chi connectivity index (χ2v) is 20.2. The molecule has 0 aromatic heterocycles. The van der Waals surface area contributed by atoms with Gasteiger partial charge in [0, 0.05) is 19.3 Å². The highest BCUT2D eigenvalue weighted by Gasteiger charge is 2.19. The van der Waals surface area contributed by atoms with Crippen molar-refractivity contribution in [3.05, 3.63) is 122 Å². The van der Waals surface area contributed by atoms with E-state index in [1.54, 1.807) is 0 Å². The van der Waals surface area contributed by atoms with Crippen LogP contribution in [0.2, 0.25) is 0 Å². The van der Waals surface area contributed by atoms with Crippen molar-refractivity contribution < 1.29 is 28.6 Å². The van der Waals surface area contributed by atoms with Gasteiger partial charge in [0.25, 0.3) is 0 Å². The van der Waals surface area contributed by atoms with Crippen LogP contribution in [-0.2, 0) is 28.6 Å². The van der Waals surface area contributed by atoms with Gasteiger partial charge in [-0.1, -0.05) is 271 Å². The number of rotatable bonds is 55. The van der Waals surface area contributed by atoms with Gasteiger partial charge in [0.2, 0.25) is 0 Å². The van der Waals surface area contributed by atoms with Gasteiger partial charge in [0.15, 0.2) is 6.10 Å². The number of carbonyl (C=O) groups is 3. The van der Waals surface area contributed by atoms with Crippen LogP contribution in [0, 0.1) is 0 Å². The van der Waals surface area contributed by atoms with Crippen molar-refractivity contribution in [3.63, 3.8) is 0 Å². The lowest BCUT2D eigenvalue weighted by Gasteiger charge is -2.18. The second kappa shape index (κ2) is 62.4. The minimum atomic E-state index is -0.789. The molecule has 1 atom stereocenters. The van der Waals surface area contributed by atoms with E-state index in [1.807, 2.05) is 0 Å². The predicted molar refractivity (Wildman–Crippen MR) is 325 cm³/mol. The van der Waals surface area contributed by atoms with Crippen molar-refractivity contribution in [1.29, 1.82) is 0 Å². The fraction of sp³-hybridized carbons (Fsp3) is 0.667. The Labute approximate surface area is 462 Å². The Morgan fingerprint density at radius 2 is 0.547 bits per heavy atom. The normalized spacial score (nSPS) is 12.9. The van der Waals surface area contributed by atoms with Crippen LogP contribution in [0.5, 0.6) is 0 Å². The monoisotopic (exact) mass is 1040 g/mol. The van der Waals surface area contributed by atoms with Crippen LogP contribution in [0.25, 0.3) is 0 Å². The van der Waals surface area contributed by atoms with Crippen LogP contribution in [0.1, 0.15) is 278 Å². The average Bonchev–Trinajstić information content (AvgIpc) is 3.41. The summed E-state index contributed by atoms with van der Waals surface area (Å²) in [6.45, 7) is 6.45. The highest BCUT2D eigenvalue weighted by Crippen LogP contribution is 2.15. The van der Waals surface area contributed by atoms with Crippen molar-refractivity contribution in [3.8, 4) is 0 Å². The number of hydrogen-bond donors (Lipinski definition) is 0. The SMILES string of the molecule is CC/C=C\C/C=C\C/C=C\C/C=C\C/C=C\C/C=C\C/C=C\C/C=C\C/C=C\CCCCCCCC(=O)OCC(COC(=O)CCCCCCC/C=C\CCC)OC(=O)CCCCCCCCCCCCCCCC. The molecule has 0 aliphatic rings. The molecule has 0 rings (SSSR count). The molecule has 0 heterocycles. The fourth-order valence-electron chi connectivity index (χ4n) is 8.32. The summed E-state index contributed by atoms with van der Waals surface area (Å²) in [5.41, 5.74) is 0. The van der Waals surface area contributed by atoms with E-state index >= 15 is 0 Å². The highest BCUT2D eigenvalue weighted by atomic mass is 16.6. The van der Waals surface area contributed by atoms with Crippen molar-refractivity contribution in [2.45, 2.75) is 284 Å². The summed E-state index contributed by atoms with van der Waals surface area (Å²) < 4.78 is 16.8. The quantitative estimate of drug-likeness (QED) is 0.0261. The number of hydrogen-bond acceptors (Lipinski definition) is 6. The third-order valence-corrected chi connectivity index (χ3v) is 12.9. The van der Waals surface area contributed by atoms with Crippen molar-refractivity contribution in [2.75, 3.05) is 13.2 Å². The molecular weight excluding hydrogens is 925 g/mol. The lowest BCUT2D eigenvalue weighted by molar-refractivity contribution is -0.167. The summed E-state index contributed by atoms with van der Waals surface area (Å²) in [5, 5.41) is 0. The van der Waals surface area contributed by atoms with E-state index < -0.39 is 6.10 Å². The molecule has 0 aromatic rings. The standard InChI is InChI=1S/C69H114O6/c1-4-7-10-13-16-19-22-24-26-27-28-29-30-31-32-33-34-35-36-37-38-39-40-41-42-43-44-46-47-50-53-56-59-62-68(71)74-65-66(64-73-67(70)61-58-55-52-49-21-18-15-12-9-6-3)75-69(72)63-60-57-54-51-48-45-25-23-20-17-14-11-8-5-2/h7,10,12,15-16,19,24,26,28-29,31-32,34-35,37-38,40-41,43-44,66H,4-6,8-9,11,13-14,17-18,20-23,25,27,30,33,36,39,42,45-65H2,1-3H3/b10-7-,15-12-,19-16-,26-24-,29-28-,32-31-,35-34-,38-37-,41-40-,44-43-. The average molecular weight is 1040 g/mol. The highest BCUT2D eigenvalue weighted by molar-refractivity contribution is 5.71. The van der Waals surface area contributed by atoms with E-state index in [0.717, 1.165) is 154 Å². The fourth-order valence-corrected chi connectivity index (χ4v) is 8.32. The largest absolute Gasteiger partial charge is 0.462 e. The molecule has 0 spiro atoms. The Morgan fingerprint density at radius 1 is 0.280 bits per heavy atom. The first-order valence-electron chi connectivity index (χ1n) is 31.0. The molecule has 0 aliphatic heterocycles. The van der Waals surface area contributed by atoms with Gasteiger partial charge < -0.3 is 14.2 Å². The molecule has 75 heavy (non-hydrogen) atoms. The van der Waals surface area contributed by atoms with Crippen molar-refractivity contribution in [2.24, 2.45) is 0 Å². The lowest BCUT2D eigenvalue weighted by atomic mass is 10.0. The molecule has 0 fully saturated rings. The third-order valence-electron chi connectivity index (χ3n) is 12.9. The molecule has 0 amide bonds. The van der Waals surface area contributed by atoms with Crippen LogP contribution >= 0.6 is 0 Å². The summed E-state index contributed by atoms with van der Waals surface area (Å²) >= 11 is 0. The second-order valence-electron chi connectivity index (χ2n) is 20.2. The van der Waals surface area contributed by atoms with Crippen molar-refractivity contribution >= 4 is 17.9 Å². The van der Waals surface area contributed by atoms with Gasteiger partial charge in [0.1, 0.15) is 13.2 Å². The molecule has 0 aliphatic carbocycles. The van der Waals surface area contributed by atoms with E-state index in [2.05, 4.69) is 142 Å². The molecule has 0 radical (unpaired) electrons. The van der Waals surface area contributed by atoms with Gasteiger partial charge in [0.05, 0.1) is 0 Å². The van der Waals surface area contributed by atoms with Crippen molar-refractivity contribution in [1.82, 2.24) is 0 Å². The van der Waals surface area contributed by atoms with Gasteiger partial charge in [-0.05, 0) is 109 Å². The summed E-state index contributed by atoms with van der Waals surface area (Å²) in [6, 6.07) is 0. The first kappa shape index (κ1) is 70.8. The first-order valence-corrected chi connectivity index (χ1v) is 31.0. The summed E-state index contributed by atoms with van der Waals surface area (Å²) in [7, 11) is 0. The van der Waals surface area contributed by atoms with Gasteiger partial charge in [-0.25, -0.2) is 0 Å². The molecule has 0 aromatic carbocycles. The minimum Gasteiger partial charge on any atom is -0.462 e. The number of unbranched alkanes of at least 4 members (excludes halogenated alkanes) is 24. The maximum absolute atomic E-state index is 12.8. The zero-order chi connectivity index (χ0) is 54.3. The van der Waals surface area contributed by atoms with E-state index in [0.29, 0.717) is 19.3 Å².